The Morgan fingerprint density at radius 1 is 1.50 bits per heavy atom. The Morgan fingerprint density at radius 2 is 2.39 bits per heavy atom. The number of thiophene rings is 1. The average molecular weight is 267 g/mol. The first-order valence-electron chi connectivity index (χ1n) is 6.87. The van der Waals surface area contributed by atoms with Gasteiger partial charge in [-0.3, -0.25) is 0 Å². The standard InChI is InChI=1S/C14H25N3S/c1-16(9-6-14-4-3-11-18-14)8-5-13-12-15-7-10-17(13)2/h3-4,11,13,15H,5-10,12H2,1-2H3. The summed E-state index contributed by atoms with van der Waals surface area (Å²) in [6, 6.07) is 5.09. The maximum atomic E-state index is 3.48. The molecule has 1 unspecified atom stereocenters. The summed E-state index contributed by atoms with van der Waals surface area (Å²) in [5, 5.41) is 5.65. The summed E-state index contributed by atoms with van der Waals surface area (Å²) < 4.78 is 0. The van der Waals surface area contributed by atoms with Gasteiger partial charge in [-0.25, -0.2) is 0 Å². The van der Waals surface area contributed by atoms with E-state index in [1.165, 1.54) is 37.4 Å². The molecule has 1 saturated heterocycles. The second kappa shape index (κ2) is 7.24. The number of nitrogens with zero attached hydrogens (tertiary/aromatic N) is 2. The number of nitrogens with one attached hydrogen (secondary N) is 1. The van der Waals surface area contributed by atoms with E-state index in [4.69, 9.17) is 0 Å². The third-order valence-corrected chi connectivity index (χ3v) is 4.74. The van der Waals surface area contributed by atoms with Gasteiger partial charge >= 0.3 is 0 Å². The van der Waals surface area contributed by atoms with Crippen molar-refractivity contribution in [3.8, 4) is 0 Å². The summed E-state index contributed by atoms with van der Waals surface area (Å²) >= 11 is 1.87. The Balaban J connectivity index is 1.63. The molecule has 1 aromatic heterocycles. The molecular weight excluding hydrogens is 242 g/mol. The van der Waals surface area contributed by atoms with Crippen molar-refractivity contribution < 1.29 is 0 Å². The molecule has 2 rings (SSSR count). The molecule has 0 amide bonds. The number of hydrogen-bond donors (Lipinski definition) is 1. The number of likely N-dealkylation sites (N-methyl/N-ethyl adjacent to an activating group) is 2. The zero-order valence-corrected chi connectivity index (χ0v) is 12.4. The molecule has 1 fully saturated rings. The van der Waals surface area contributed by atoms with Crippen LogP contribution in [0.5, 0.6) is 0 Å². The van der Waals surface area contributed by atoms with E-state index in [0.29, 0.717) is 6.04 Å². The molecule has 0 spiro atoms. The fourth-order valence-corrected chi connectivity index (χ4v) is 3.12. The van der Waals surface area contributed by atoms with Crippen molar-refractivity contribution in [1.29, 1.82) is 0 Å². The van der Waals surface area contributed by atoms with Crippen molar-refractivity contribution in [3.63, 3.8) is 0 Å². The van der Waals surface area contributed by atoms with Gasteiger partial charge in [0.2, 0.25) is 0 Å². The number of hydrogen-bond acceptors (Lipinski definition) is 4. The quantitative estimate of drug-likeness (QED) is 0.843. The van der Waals surface area contributed by atoms with Gasteiger partial charge < -0.3 is 15.1 Å². The maximum Gasteiger partial charge on any atom is 0.0230 e. The fourth-order valence-electron chi connectivity index (χ4n) is 2.42. The van der Waals surface area contributed by atoms with Crippen LogP contribution in [0.3, 0.4) is 0 Å². The minimum atomic E-state index is 0.711. The minimum Gasteiger partial charge on any atom is -0.314 e. The normalized spacial score (nSPS) is 21.6. The van der Waals surface area contributed by atoms with Crippen LogP contribution in [-0.2, 0) is 6.42 Å². The molecule has 1 N–H and O–H groups in total. The van der Waals surface area contributed by atoms with Gasteiger partial charge in [0, 0.05) is 37.1 Å². The summed E-state index contributed by atoms with van der Waals surface area (Å²) in [7, 11) is 4.49. The van der Waals surface area contributed by atoms with Crippen molar-refractivity contribution in [1.82, 2.24) is 15.1 Å². The summed E-state index contributed by atoms with van der Waals surface area (Å²) in [5.41, 5.74) is 0. The van der Waals surface area contributed by atoms with Crippen molar-refractivity contribution in [2.24, 2.45) is 0 Å². The van der Waals surface area contributed by atoms with Crippen LogP contribution in [0.25, 0.3) is 0 Å². The van der Waals surface area contributed by atoms with Crippen LogP contribution in [0.1, 0.15) is 11.3 Å². The molecule has 0 bridgehead atoms. The highest BCUT2D eigenvalue weighted by atomic mass is 32.1. The number of piperazine rings is 1. The molecule has 3 nitrogen and oxygen atoms in total. The summed E-state index contributed by atoms with van der Waals surface area (Å²) in [6.45, 7) is 5.84. The second-order valence-electron chi connectivity index (χ2n) is 5.26. The van der Waals surface area contributed by atoms with Crippen LogP contribution in [0, 0.1) is 0 Å². The Morgan fingerprint density at radius 3 is 3.11 bits per heavy atom. The highest BCUT2D eigenvalue weighted by Crippen LogP contribution is 2.10. The van der Waals surface area contributed by atoms with E-state index in [2.05, 4.69) is 46.7 Å². The Labute approximate surface area is 115 Å². The highest BCUT2D eigenvalue weighted by molar-refractivity contribution is 7.09. The van der Waals surface area contributed by atoms with Gasteiger partial charge in [-0.1, -0.05) is 6.07 Å². The van der Waals surface area contributed by atoms with Gasteiger partial charge in [0.05, 0.1) is 0 Å². The van der Waals surface area contributed by atoms with Gasteiger partial charge in [0.1, 0.15) is 0 Å². The van der Waals surface area contributed by atoms with Crippen LogP contribution in [0.15, 0.2) is 17.5 Å². The SMILES string of the molecule is CN(CCc1cccs1)CCC1CNCCN1C. The third-order valence-electron chi connectivity index (χ3n) is 3.81. The van der Waals surface area contributed by atoms with E-state index < -0.39 is 0 Å². The lowest BCUT2D eigenvalue weighted by atomic mass is 10.1. The first-order valence-corrected chi connectivity index (χ1v) is 7.75. The molecule has 1 aliphatic heterocycles. The lowest BCUT2D eigenvalue weighted by Crippen LogP contribution is -2.50. The van der Waals surface area contributed by atoms with E-state index in [1.807, 2.05) is 11.3 Å². The van der Waals surface area contributed by atoms with Crippen molar-refractivity contribution >= 4 is 11.3 Å². The summed E-state index contributed by atoms with van der Waals surface area (Å²) in [6.07, 6.45) is 2.46. The van der Waals surface area contributed by atoms with Gasteiger partial charge in [-0.05, 0) is 44.9 Å². The number of rotatable bonds is 6. The minimum absolute atomic E-state index is 0.711. The zero-order valence-electron chi connectivity index (χ0n) is 11.6. The predicted molar refractivity (Wildman–Crippen MR) is 79.4 cm³/mol. The first-order chi connectivity index (χ1) is 8.75. The van der Waals surface area contributed by atoms with Crippen LogP contribution in [0.4, 0.5) is 0 Å². The molecule has 0 radical (unpaired) electrons. The van der Waals surface area contributed by atoms with E-state index in [-0.39, 0.29) is 0 Å². The van der Waals surface area contributed by atoms with Crippen LogP contribution < -0.4 is 5.32 Å². The van der Waals surface area contributed by atoms with Crippen LogP contribution in [-0.4, -0.2) is 62.7 Å². The van der Waals surface area contributed by atoms with Crippen LogP contribution in [0.2, 0.25) is 0 Å². The predicted octanol–water partition coefficient (Wildman–Crippen LogP) is 1.52. The Kier molecular flexibility index (Phi) is 5.63. The molecule has 4 heteroatoms. The molecule has 1 atom stereocenters. The lowest BCUT2D eigenvalue weighted by molar-refractivity contribution is 0.173. The second-order valence-corrected chi connectivity index (χ2v) is 6.29. The van der Waals surface area contributed by atoms with Gasteiger partial charge in [0.25, 0.3) is 0 Å². The Bertz CT molecular complexity index is 326. The van der Waals surface area contributed by atoms with Gasteiger partial charge in [0.15, 0.2) is 0 Å². The van der Waals surface area contributed by atoms with Gasteiger partial charge in [-0.2, -0.15) is 0 Å². The fraction of sp³-hybridized carbons (Fsp3) is 0.714. The largest absolute Gasteiger partial charge is 0.314 e. The molecule has 0 aliphatic carbocycles. The summed E-state index contributed by atoms with van der Waals surface area (Å²) in [4.78, 5) is 6.45. The lowest BCUT2D eigenvalue weighted by Gasteiger charge is -2.34. The molecule has 0 aromatic carbocycles. The van der Waals surface area contributed by atoms with Crippen LogP contribution >= 0.6 is 11.3 Å². The zero-order chi connectivity index (χ0) is 12.8. The summed E-state index contributed by atoms with van der Waals surface area (Å²) in [5.74, 6) is 0. The molecule has 1 aliphatic rings. The molecule has 0 saturated carbocycles. The topological polar surface area (TPSA) is 18.5 Å². The molecular formula is C14H25N3S. The smallest absolute Gasteiger partial charge is 0.0230 e. The third kappa shape index (κ3) is 4.35. The Hall–Kier alpha value is -0.420. The molecule has 2 heterocycles. The monoisotopic (exact) mass is 267 g/mol. The van der Waals surface area contributed by atoms with E-state index in [1.54, 1.807) is 0 Å². The van der Waals surface area contributed by atoms with Crippen molar-refractivity contribution in [3.05, 3.63) is 22.4 Å². The van der Waals surface area contributed by atoms with E-state index in [9.17, 15) is 0 Å². The maximum absolute atomic E-state index is 3.48. The molecule has 1 aromatic rings. The van der Waals surface area contributed by atoms with Gasteiger partial charge in [-0.15, -0.1) is 11.3 Å². The van der Waals surface area contributed by atoms with E-state index in [0.717, 1.165) is 13.1 Å². The first kappa shape index (κ1) is 14.0. The van der Waals surface area contributed by atoms with Crippen molar-refractivity contribution in [2.45, 2.75) is 18.9 Å². The highest BCUT2D eigenvalue weighted by Gasteiger charge is 2.18. The molecule has 102 valence electrons. The van der Waals surface area contributed by atoms with E-state index >= 15 is 0 Å². The van der Waals surface area contributed by atoms with Crippen molar-refractivity contribution in [2.75, 3.05) is 46.8 Å². The molecule has 18 heavy (non-hydrogen) atoms. The average Bonchev–Trinajstić information content (AvgIpc) is 2.88.